The second kappa shape index (κ2) is 8.23. The summed E-state index contributed by atoms with van der Waals surface area (Å²) in [6.07, 6.45) is 2.07. The van der Waals surface area contributed by atoms with Crippen LogP contribution in [0.2, 0.25) is 0 Å². The zero-order valence-corrected chi connectivity index (χ0v) is 14.9. The Morgan fingerprint density at radius 3 is 2.09 bits per heavy atom. The summed E-state index contributed by atoms with van der Waals surface area (Å²) in [5, 5.41) is 0. The fraction of sp³-hybridized carbons (Fsp3) is 0.632. The molecule has 0 saturated carbocycles. The third kappa shape index (κ3) is 4.63. The van der Waals surface area contributed by atoms with Crippen LogP contribution in [0.25, 0.3) is 0 Å². The summed E-state index contributed by atoms with van der Waals surface area (Å²) in [4.78, 5) is 16.8. The minimum Gasteiger partial charge on any atom is -0.491 e. The summed E-state index contributed by atoms with van der Waals surface area (Å²) in [7, 11) is 0. The maximum atomic E-state index is 12.4. The molecule has 0 aliphatic carbocycles. The van der Waals surface area contributed by atoms with Crippen molar-refractivity contribution in [2.75, 3.05) is 31.1 Å². The molecule has 4 heteroatoms. The summed E-state index contributed by atoms with van der Waals surface area (Å²) >= 11 is 0. The lowest BCUT2D eigenvalue weighted by Crippen LogP contribution is -2.50. The van der Waals surface area contributed by atoms with Crippen molar-refractivity contribution in [1.29, 1.82) is 0 Å². The van der Waals surface area contributed by atoms with Gasteiger partial charge in [-0.3, -0.25) is 4.79 Å². The van der Waals surface area contributed by atoms with Crippen molar-refractivity contribution < 1.29 is 9.53 Å². The number of piperazine rings is 1. The Morgan fingerprint density at radius 2 is 1.61 bits per heavy atom. The van der Waals surface area contributed by atoms with Crippen LogP contribution in [-0.2, 0) is 4.79 Å². The molecule has 0 bridgehead atoms. The number of amides is 1. The Hall–Kier alpha value is -1.71. The van der Waals surface area contributed by atoms with Crippen molar-refractivity contribution in [2.24, 2.45) is 5.92 Å². The molecule has 1 aromatic carbocycles. The van der Waals surface area contributed by atoms with Crippen LogP contribution in [-0.4, -0.2) is 43.1 Å². The first kappa shape index (κ1) is 17.6. The molecule has 0 unspecified atom stereocenters. The molecule has 0 spiro atoms. The van der Waals surface area contributed by atoms with Gasteiger partial charge in [-0.1, -0.05) is 13.8 Å². The molecule has 1 aliphatic rings. The van der Waals surface area contributed by atoms with Gasteiger partial charge < -0.3 is 14.5 Å². The molecular weight excluding hydrogens is 288 g/mol. The molecule has 2 rings (SSSR count). The van der Waals surface area contributed by atoms with E-state index in [0.29, 0.717) is 5.91 Å². The summed E-state index contributed by atoms with van der Waals surface area (Å²) in [5.41, 5.74) is 1.20. The first-order valence-corrected chi connectivity index (χ1v) is 8.85. The SMILES string of the molecule is CCC(CC)C(=O)N1CCN(c2ccc(OC(C)C)cc2)CC1. The molecule has 0 atom stereocenters. The van der Waals surface area contributed by atoms with Gasteiger partial charge in [0.1, 0.15) is 5.75 Å². The first-order chi connectivity index (χ1) is 11.0. The van der Waals surface area contributed by atoms with Crippen molar-refractivity contribution in [2.45, 2.75) is 46.6 Å². The first-order valence-electron chi connectivity index (χ1n) is 8.85. The normalized spacial score (nSPS) is 15.4. The number of anilines is 1. The number of ether oxygens (including phenoxy) is 1. The summed E-state index contributed by atoms with van der Waals surface area (Å²) in [6.45, 7) is 11.7. The van der Waals surface area contributed by atoms with Gasteiger partial charge in [-0.2, -0.15) is 0 Å². The maximum Gasteiger partial charge on any atom is 0.225 e. The van der Waals surface area contributed by atoms with Crippen molar-refractivity contribution in [3.8, 4) is 5.75 Å². The van der Waals surface area contributed by atoms with E-state index >= 15 is 0 Å². The lowest BCUT2D eigenvalue weighted by molar-refractivity contribution is -0.136. The van der Waals surface area contributed by atoms with Crippen molar-refractivity contribution in [1.82, 2.24) is 4.90 Å². The standard InChI is InChI=1S/C19H30N2O2/c1-5-16(6-2)19(22)21-13-11-20(12-14-21)17-7-9-18(10-8-17)23-15(3)4/h7-10,15-16H,5-6,11-14H2,1-4H3. The van der Waals surface area contributed by atoms with Crippen LogP contribution in [0, 0.1) is 5.92 Å². The van der Waals surface area contributed by atoms with E-state index in [2.05, 4.69) is 30.9 Å². The van der Waals surface area contributed by atoms with Crippen LogP contribution in [0.4, 0.5) is 5.69 Å². The van der Waals surface area contributed by atoms with Crippen LogP contribution in [0.15, 0.2) is 24.3 Å². The number of benzene rings is 1. The summed E-state index contributed by atoms with van der Waals surface area (Å²) in [6, 6.07) is 8.26. The molecule has 1 saturated heterocycles. The quantitative estimate of drug-likeness (QED) is 0.804. The molecule has 1 fully saturated rings. The average molecular weight is 318 g/mol. The highest BCUT2D eigenvalue weighted by molar-refractivity contribution is 5.79. The Labute approximate surface area is 140 Å². The van der Waals surface area contributed by atoms with E-state index in [4.69, 9.17) is 4.74 Å². The fourth-order valence-electron chi connectivity index (χ4n) is 3.09. The van der Waals surface area contributed by atoms with E-state index in [1.165, 1.54) is 5.69 Å². The van der Waals surface area contributed by atoms with Crippen molar-refractivity contribution in [3.05, 3.63) is 24.3 Å². The van der Waals surface area contributed by atoms with Crippen LogP contribution in [0.3, 0.4) is 0 Å². The van der Waals surface area contributed by atoms with Crippen molar-refractivity contribution >= 4 is 11.6 Å². The fourth-order valence-corrected chi connectivity index (χ4v) is 3.09. The Balaban J connectivity index is 1.90. The second-order valence-corrected chi connectivity index (χ2v) is 6.49. The smallest absolute Gasteiger partial charge is 0.225 e. The monoisotopic (exact) mass is 318 g/mol. The highest BCUT2D eigenvalue weighted by atomic mass is 16.5. The maximum absolute atomic E-state index is 12.4. The van der Waals surface area contributed by atoms with E-state index in [1.54, 1.807) is 0 Å². The van der Waals surface area contributed by atoms with Gasteiger partial charge in [0.2, 0.25) is 5.91 Å². The van der Waals surface area contributed by atoms with Gasteiger partial charge in [-0.15, -0.1) is 0 Å². The van der Waals surface area contributed by atoms with E-state index in [9.17, 15) is 4.79 Å². The zero-order valence-electron chi connectivity index (χ0n) is 14.9. The van der Waals surface area contributed by atoms with Crippen LogP contribution >= 0.6 is 0 Å². The number of nitrogens with zero attached hydrogens (tertiary/aromatic N) is 2. The zero-order chi connectivity index (χ0) is 16.8. The van der Waals surface area contributed by atoms with E-state index in [1.807, 2.05) is 30.9 Å². The Kier molecular flexibility index (Phi) is 6.31. The second-order valence-electron chi connectivity index (χ2n) is 6.49. The molecule has 0 N–H and O–H groups in total. The molecule has 128 valence electrons. The van der Waals surface area contributed by atoms with Gasteiger partial charge in [0.25, 0.3) is 0 Å². The lowest BCUT2D eigenvalue weighted by Gasteiger charge is -2.37. The highest BCUT2D eigenvalue weighted by Gasteiger charge is 2.25. The Bertz CT molecular complexity index is 487. The topological polar surface area (TPSA) is 32.8 Å². The number of hydrogen-bond donors (Lipinski definition) is 0. The molecule has 1 amide bonds. The van der Waals surface area contributed by atoms with Gasteiger partial charge in [0, 0.05) is 37.8 Å². The molecule has 4 nitrogen and oxygen atoms in total. The Morgan fingerprint density at radius 1 is 1.04 bits per heavy atom. The minimum atomic E-state index is 0.189. The highest BCUT2D eigenvalue weighted by Crippen LogP contribution is 2.22. The third-order valence-corrected chi connectivity index (χ3v) is 4.50. The van der Waals surface area contributed by atoms with Gasteiger partial charge in [-0.05, 0) is 51.0 Å². The number of carbonyl (C=O) groups is 1. The number of hydrogen-bond acceptors (Lipinski definition) is 3. The van der Waals surface area contributed by atoms with Crippen molar-refractivity contribution in [3.63, 3.8) is 0 Å². The average Bonchev–Trinajstić information content (AvgIpc) is 2.56. The number of carbonyl (C=O) groups excluding carboxylic acids is 1. The predicted molar refractivity (Wildman–Crippen MR) is 95.1 cm³/mol. The molecular formula is C19H30N2O2. The van der Waals surface area contributed by atoms with Gasteiger partial charge in [0.05, 0.1) is 6.10 Å². The molecule has 0 aromatic heterocycles. The largest absolute Gasteiger partial charge is 0.491 e. The minimum absolute atomic E-state index is 0.189. The molecule has 0 radical (unpaired) electrons. The molecule has 1 aromatic rings. The van der Waals surface area contributed by atoms with E-state index in [-0.39, 0.29) is 12.0 Å². The van der Waals surface area contributed by atoms with E-state index in [0.717, 1.165) is 44.8 Å². The lowest BCUT2D eigenvalue weighted by atomic mass is 10.0. The molecule has 1 heterocycles. The molecule has 23 heavy (non-hydrogen) atoms. The number of rotatable bonds is 6. The van der Waals surface area contributed by atoms with Crippen LogP contribution in [0.5, 0.6) is 5.75 Å². The van der Waals surface area contributed by atoms with Crippen LogP contribution in [0.1, 0.15) is 40.5 Å². The van der Waals surface area contributed by atoms with E-state index < -0.39 is 0 Å². The van der Waals surface area contributed by atoms with Crippen LogP contribution < -0.4 is 9.64 Å². The summed E-state index contributed by atoms with van der Waals surface area (Å²) in [5.74, 6) is 1.43. The molecule has 1 aliphatic heterocycles. The summed E-state index contributed by atoms with van der Waals surface area (Å²) < 4.78 is 5.68. The van der Waals surface area contributed by atoms with Gasteiger partial charge in [-0.25, -0.2) is 0 Å². The predicted octanol–water partition coefficient (Wildman–Crippen LogP) is 3.56. The van der Waals surface area contributed by atoms with Gasteiger partial charge >= 0.3 is 0 Å². The van der Waals surface area contributed by atoms with Gasteiger partial charge in [0.15, 0.2) is 0 Å². The third-order valence-electron chi connectivity index (χ3n) is 4.50.